The molecule has 0 saturated heterocycles. The van der Waals surface area contributed by atoms with E-state index in [0.717, 1.165) is 18.4 Å². The van der Waals surface area contributed by atoms with Crippen molar-refractivity contribution in [2.24, 2.45) is 11.8 Å². The molecule has 1 aliphatic rings. The van der Waals surface area contributed by atoms with Crippen LogP contribution < -0.4 is 0 Å². The van der Waals surface area contributed by atoms with E-state index >= 15 is 0 Å². The lowest BCUT2D eigenvalue weighted by atomic mass is 9.78. The topological polar surface area (TPSA) is 20.2 Å². The Morgan fingerprint density at radius 3 is 2.55 bits per heavy atom. The first-order chi connectivity index (χ1) is 5.11. The number of hydrogen-bond donors (Lipinski definition) is 1. The van der Waals surface area contributed by atoms with Gasteiger partial charge in [0.1, 0.15) is 0 Å². The van der Waals surface area contributed by atoms with E-state index in [-0.39, 0.29) is 6.10 Å². The van der Waals surface area contributed by atoms with E-state index in [1.807, 2.05) is 6.92 Å². The highest BCUT2D eigenvalue weighted by molar-refractivity contribution is 5.01. The first kappa shape index (κ1) is 8.79. The van der Waals surface area contributed by atoms with Crippen LogP contribution in [-0.2, 0) is 0 Å². The van der Waals surface area contributed by atoms with Crippen LogP contribution in [0.5, 0.6) is 0 Å². The van der Waals surface area contributed by atoms with Crippen LogP contribution in [0.4, 0.5) is 0 Å². The molecule has 0 bridgehead atoms. The van der Waals surface area contributed by atoms with Crippen molar-refractivity contribution >= 4 is 0 Å². The summed E-state index contributed by atoms with van der Waals surface area (Å²) in [6.45, 7) is 8.12. The van der Waals surface area contributed by atoms with Crippen molar-refractivity contribution in [1.29, 1.82) is 0 Å². The van der Waals surface area contributed by atoms with Gasteiger partial charge in [-0.1, -0.05) is 19.1 Å². The van der Waals surface area contributed by atoms with E-state index in [0.29, 0.717) is 11.8 Å². The molecule has 1 rings (SSSR count). The van der Waals surface area contributed by atoms with Gasteiger partial charge in [0.2, 0.25) is 0 Å². The molecular weight excluding hydrogens is 136 g/mol. The predicted molar refractivity (Wildman–Crippen MR) is 47.3 cm³/mol. The molecule has 1 unspecified atom stereocenters. The van der Waals surface area contributed by atoms with Crippen LogP contribution in [0, 0.1) is 11.8 Å². The lowest BCUT2D eigenvalue weighted by Gasteiger charge is -2.31. The third-order valence-corrected chi connectivity index (χ3v) is 2.71. The van der Waals surface area contributed by atoms with Crippen molar-refractivity contribution in [3.63, 3.8) is 0 Å². The Bertz CT molecular complexity index is 151. The summed E-state index contributed by atoms with van der Waals surface area (Å²) < 4.78 is 0. The van der Waals surface area contributed by atoms with Gasteiger partial charge >= 0.3 is 0 Å². The highest BCUT2D eigenvalue weighted by atomic mass is 16.3. The van der Waals surface area contributed by atoms with E-state index in [2.05, 4.69) is 13.5 Å². The highest BCUT2D eigenvalue weighted by Gasteiger charge is 2.26. The highest BCUT2D eigenvalue weighted by Crippen LogP contribution is 2.32. The molecule has 0 aromatic carbocycles. The molecule has 1 N–H and O–H groups in total. The van der Waals surface area contributed by atoms with Gasteiger partial charge in [0.25, 0.3) is 0 Å². The summed E-state index contributed by atoms with van der Waals surface area (Å²) >= 11 is 0. The van der Waals surface area contributed by atoms with Crippen molar-refractivity contribution in [2.75, 3.05) is 0 Å². The Kier molecular flexibility index (Phi) is 2.72. The maximum Gasteiger partial charge on any atom is 0.0607 e. The van der Waals surface area contributed by atoms with Crippen LogP contribution in [0.15, 0.2) is 12.2 Å². The molecule has 0 spiro atoms. The molecular formula is C10H18O. The molecule has 1 fully saturated rings. The Labute approximate surface area is 69.1 Å². The third kappa shape index (κ3) is 2.06. The number of aliphatic hydroxyl groups is 1. The lowest BCUT2D eigenvalue weighted by molar-refractivity contribution is 0.0656. The van der Waals surface area contributed by atoms with Crippen LogP contribution in [0.2, 0.25) is 0 Å². The zero-order valence-electron chi connectivity index (χ0n) is 7.51. The summed E-state index contributed by atoms with van der Waals surface area (Å²) in [5.41, 5.74) is 1.14. The average Bonchev–Trinajstić information content (AvgIpc) is 1.85. The van der Waals surface area contributed by atoms with E-state index in [9.17, 15) is 5.11 Å². The fourth-order valence-corrected chi connectivity index (χ4v) is 1.93. The van der Waals surface area contributed by atoms with Gasteiger partial charge in [0.15, 0.2) is 0 Å². The summed E-state index contributed by atoms with van der Waals surface area (Å²) in [4.78, 5) is 0. The maximum atomic E-state index is 9.65. The average molecular weight is 154 g/mol. The SMILES string of the molecule is C=C(C)[C@H]1CC[C@@H](C)CC1O. The zero-order valence-corrected chi connectivity index (χ0v) is 7.51. The Morgan fingerprint density at radius 2 is 2.09 bits per heavy atom. The number of rotatable bonds is 1. The van der Waals surface area contributed by atoms with Gasteiger partial charge in [-0.05, 0) is 32.1 Å². The minimum atomic E-state index is -0.128. The summed E-state index contributed by atoms with van der Waals surface area (Å²) in [5, 5.41) is 9.65. The molecule has 11 heavy (non-hydrogen) atoms. The van der Waals surface area contributed by atoms with Crippen LogP contribution in [0.1, 0.15) is 33.1 Å². The van der Waals surface area contributed by atoms with E-state index in [1.165, 1.54) is 6.42 Å². The van der Waals surface area contributed by atoms with Gasteiger partial charge in [0.05, 0.1) is 6.10 Å². The molecule has 1 aliphatic carbocycles. The minimum absolute atomic E-state index is 0.128. The Hall–Kier alpha value is -0.300. The Morgan fingerprint density at radius 1 is 1.45 bits per heavy atom. The monoisotopic (exact) mass is 154 g/mol. The van der Waals surface area contributed by atoms with Crippen molar-refractivity contribution in [3.05, 3.63) is 12.2 Å². The molecule has 1 saturated carbocycles. The van der Waals surface area contributed by atoms with Crippen LogP contribution >= 0.6 is 0 Å². The molecule has 3 atom stereocenters. The quantitative estimate of drug-likeness (QED) is 0.575. The normalized spacial score (nSPS) is 38.6. The molecule has 64 valence electrons. The van der Waals surface area contributed by atoms with E-state index < -0.39 is 0 Å². The predicted octanol–water partition coefficient (Wildman–Crippen LogP) is 2.36. The smallest absolute Gasteiger partial charge is 0.0607 e. The molecule has 0 aromatic heterocycles. The van der Waals surface area contributed by atoms with E-state index in [4.69, 9.17) is 0 Å². The van der Waals surface area contributed by atoms with Gasteiger partial charge in [0, 0.05) is 5.92 Å². The number of aliphatic hydroxyl groups excluding tert-OH is 1. The standard InChI is InChI=1S/C10H18O/c1-7(2)9-5-4-8(3)6-10(9)11/h8-11H,1,4-6H2,2-3H3/t8-,9-,10?/m1/s1. The van der Waals surface area contributed by atoms with Gasteiger partial charge in [-0.3, -0.25) is 0 Å². The molecule has 0 radical (unpaired) electrons. The fourth-order valence-electron chi connectivity index (χ4n) is 1.93. The van der Waals surface area contributed by atoms with Crippen LogP contribution in [0.25, 0.3) is 0 Å². The Balaban J connectivity index is 2.50. The number of hydrogen-bond acceptors (Lipinski definition) is 1. The lowest BCUT2D eigenvalue weighted by Crippen LogP contribution is -2.28. The third-order valence-electron chi connectivity index (χ3n) is 2.71. The second-order valence-electron chi connectivity index (χ2n) is 3.94. The second-order valence-corrected chi connectivity index (χ2v) is 3.94. The van der Waals surface area contributed by atoms with E-state index in [1.54, 1.807) is 0 Å². The van der Waals surface area contributed by atoms with Crippen molar-refractivity contribution in [2.45, 2.75) is 39.2 Å². The molecule has 1 nitrogen and oxygen atoms in total. The van der Waals surface area contributed by atoms with Crippen molar-refractivity contribution in [1.82, 2.24) is 0 Å². The van der Waals surface area contributed by atoms with Gasteiger partial charge < -0.3 is 5.11 Å². The summed E-state index contributed by atoms with van der Waals surface area (Å²) in [7, 11) is 0. The van der Waals surface area contributed by atoms with Crippen molar-refractivity contribution < 1.29 is 5.11 Å². The first-order valence-corrected chi connectivity index (χ1v) is 4.44. The molecule has 1 heteroatoms. The van der Waals surface area contributed by atoms with Gasteiger partial charge in [-0.2, -0.15) is 0 Å². The fraction of sp³-hybridized carbons (Fsp3) is 0.800. The zero-order chi connectivity index (χ0) is 8.43. The van der Waals surface area contributed by atoms with Crippen LogP contribution in [0.3, 0.4) is 0 Å². The van der Waals surface area contributed by atoms with Gasteiger partial charge in [-0.25, -0.2) is 0 Å². The van der Waals surface area contributed by atoms with Crippen molar-refractivity contribution in [3.8, 4) is 0 Å². The molecule has 0 heterocycles. The summed E-state index contributed by atoms with van der Waals surface area (Å²) in [6, 6.07) is 0. The van der Waals surface area contributed by atoms with Crippen LogP contribution in [-0.4, -0.2) is 11.2 Å². The summed E-state index contributed by atoms with van der Waals surface area (Å²) in [6.07, 6.45) is 3.19. The first-order valence-electron chi connectivity index (χ1n) is 4.44. The second kappa shape index (κ2) is 3.40. The van der Waals surface area contributed by atoms with Gasteiger partial charge in [-0.15, -0.1) is 0 Å². The molecule has 0 aromatic rings. The molecule has 0 aliphatic heterocycles. The molecule has 0 amide bonds. The summed E-state index contributed by atoms with van der Waals surface area (Å²) in [5.74, 6) is 1.06. The maximum absolute atomic E-state index is 9.65. The largest absolute Gasteiger partial charge is 0.392 e. The minimum Gasteiger partial charge on any atom is -0.392 e.